The first-order chi connectivity index (χ1) is 8.14. The van der Waals surface area contributed by atoms with E-state index >= 15 is 0 Å². The van der Waals surface area contributed by atoms with Crippen LogP contribution in [0.2, 0.25) is 0 Å². The Balaban J connectivity index is 3.24. The van der Waals surface area contributed by atoms with Gasteiger partial charge in [-0.05, 0) is 5.92 Å². The second kappa shape index (κ2) is 5.00. The monoisotopic (exact) mass is 254 g/mol. The van der Waals surface area contributed by atoms with Crippen molar-refractivity contribution in [2.75, 3.05) is 0 Å². The Labute approximate surface area is 106 Å². The molecular weight excluding hydrogens is 235 g/mol. The van der Waals surface area contributed by atoms with E-state index < -0.39 is 17.8 Å². The van der Waals surface area contributed by atoms with Crippen LogP contribution in [0.25, 0.3) is 0 Å². The maximum absolute atomic E-state index is 13.9. The summed E-state index contributed by atoms with van der Waals surface area (Å²) >= 11 is 0. The molecule has 0 radical (unpaired) electrons. The summed E-state index contributed by atoms with van der Waals surface area (Å²) in [4.78, 5) is 19.0. The van der Waals surface area contributed by atoms with Gasteiger partial charge < -0.3 is 5.11 Å². The van der Waals surface area contributed by atoms with Crippen LogP contribution in [0, 0.1) is 11.9 Å². The Morgan fingerprint density at radius 1 is 1.39 bits per heavy atom. The lowest BCUT2D eigenvalue weighted by Crippen LogP contribution is -2.22. The number of rotatable bonds is 3. The first-order valence-electron chi connectivity index (χ1n) is 5.90. The maximum Gasteiger partial charge on any atom is 0.311 e. The molecule has 1 heterocycles. The van der Waals surface area contributed by atoms with E-state index in [9.17, 15) is 9.18 Å². The largest absolute Gasteiger partial charge is 0.481 e. The summed E-state index contributed by atoms with van der Waals surface area (Å²) < 4.78 is 13.9. The van der Waals surface area contributed by atoms with Gasteiger partial charge in [-0.1, -0.05) is 34.6 Å². The topological polar surface area (TPSA) is 63.1 Å². The van der Waals surface area contributed by atoms with Gasteiger partial charge in [-0.3, -0.25) is 4.79 Å². The highest BCUT2D eigenvalue weighted by Gasteiger charge is 2.29. The van der Waals surface area contributed by atoms with Crippen molar-refractivity contribution in [3.63, 3.8) is 0 Å². The third-order valence-electron chi connectivity index (χ3n) is 2.71. The van der Waals surface area contributed by atoms with Crippen LogP contribution in [0.1, 0.15) is 51.9 Å². The Kier molecular flexibility index (Phi) is 4.04. The van der Waals surface area contributed by atoms with Crippen LogP contribution in [-0.2, 0) is 10.2 Å². The number of aromatic nitrogens is 2. The first-order valence-corrected chi connectivity index (χ1v) is 5.90. The zero-order valence-electron chi connectivity index (χ0n) is 11.4. The fourth-order valence-electron chi connectivity index (χ4n) is 1.72. The van der Waals surface area contributed by atoms with Crippen LogP contribution < -0.4 is 0 Å². The molecule has 1 N–H and O–H groups in total. The maximum atomic E-state index is 13.9. The molecule has 4 nitrogen and oxygen atoms in total. The van der Waals surface area contributed by atoms with Gasteiger partial charge in [0.25, 0.3) is 0 Å². The van der Waals surface area contributed by atoms with Crippen LogP contribution in [0.4, 0.5) is 4.39 Å². The molecule has 0 aliphatic carbocycles. The number of carboxylic acid groups (broad SMARTS) is 1. The number of halogens is 1. The molecule has 18 heavy (non-hydrogen) atoms. The minimum absolute atomic E-state index is 0.0468. The predicted molar refractivity (Wildman–Crippen MR) is 65.9 cm³/mol. The molecule has 1 rings (SSSR count). The predicted octanol–water partition coefficient (Wildman–Crippen LogP) is 2.74. The van der Waals surface area contributed by atoms with E-state index in [-0.39, 0.29) is 16.9 Å². The molecule has 0 saturated carbocycles. The second-order valence-electron chi connectivity index (χ2n) is 5.75. The minimum atomic E-state index is -1.06. The molecule has 1 atom stereocenters. The highest BCUT2D eigenvalue weighted by Crippen LogP contribution is 2.27. The number of hydrogen-bond acceptors (Lipinski definition) is 3. The van der Waals surface area contributed by atoms with Gasteiger partial charge in [0, 0.05) is 17.2 Å². The van der Waals surface area contributed by atoms with Crippen LogP contribution in [0.15, 0.2) is 6.20 Å². The summed E-state index contributed by atoms with van der Waals surface area (Å²) in [5.41, 5.74) is -0.318. The van der Waals surface area contributed by atoms with Gasteiger partial charge in [-0.2, -0.15) is 4.39 Å². The quantitative estimate of drug-likeness (QED) is 0.842. The van der Waals surface area contributed by atoms with E-state index in [4.69, 9.17) is 5.11 Å². The van der Waals surface area contributed by atoms with Gasteiger partial charge >= 0.3 is 5.97 Å². The van der Waals surface area contributed by atoms with E-state index in [1.807, 2.05) is 20.8 Å². The van der Waals surface area contributed by atoms with Gasteiger partial charge in [0.1, 0.15) is 5.82 Å². The Morgan fingerprint density at radius 3 is 2.28 bits per heavy atom. The van der Waals surface area contributed by atoms with Crippen LogP contribution in [0.3, 0.4) is 0 Å². The van der Waals surface area contributed by atoms with Crippen molar-refractivity contribution in [2.45, 2.75) is 46.0 Å². The van der Waals surface area contributed by atoms with Crippen LogP contribution in [-0.4, -0.2) is 21.0 Å². The Hall–Kier alpha value is -1.52. The molecule has 0 bridgehead atoms. The van der Waals surface area contributed by atoms with Crippen molar-refractivity contribution >= 4 is 5.97 Å². The lowest BCUT2D eigenvalue weighted by molar-refractivity contribution is -0.140. The molecule has 0 aromatic carbocycles. The van der Waals surface area contributed by atoms with Gasteiger partial charge in [-0.25, -0.2) is 9.97 Å². The highest BCUT2D eigenvalue weighted by atomic mass is 19.1. The number of carbonyl (C=O) groups is 1. The summed E-state index contributed by atoms with van der Waals surface area (Å²) in [6.07, 6.45) is 1.29. The molecule has 0 aliphatic rings. The molecular formula is C13H19FN2O2. The third-order valence-corrected chi connectivity index (χ3v) is 2.71. The Bertz CT molecular complexity index is 453. The molecule has 0 fully saturated rings. The van der Waals surface area contributed by atoms with Crippen molar-refractivity contribution in [3.05, 3.63) is 23.5 Å². The summed E-state index contributed by atoms with van der Waals surface area (Å²) in [5.74, 6) is -2.57. The van der Waals surface area contributed by atoms with E-state index in [1.54, 1.807) is 13.8 Å². The van der Waals surface area contributed by atoms with E-state index in [1.165, 1.54) is 6.20 Å². The van der Waals surface area contributed by atoms with Gasteiger partial charge in [0.2, 0.25) is 5.95 Å². The molecule has 1 aromatic rings. The summed E-state index contributed by atoms with van der Waals surface area (Å²) in [6, 6.07) is 0. The SMILES string of the molecule is CC(C)C(C(=O)O)c1cnc(C(C)(C)C)nc1F. The second-order valence-corrected chi connectivity index (χ2v) is 5.75. The standard InChI is InChI=1S/C13H19FN2O2/c1-7(2)9(11(17)18)8-6-15-12(13(3,4)5)16-10(8)14/h6-7,9H,1-5H3,(H,17,18). The van der Waals surface area contributed by atoms with E-state index in [2.05, 4.69) is 9.97 Å². The van der Waals surface area contributed by atoms with Crippen molar-refractivity contribution < 1.29 is 14.3 Å². The molecule has 100 valence electrons. The first kappa shape index (κ1) is 14.5. The normalized spacial score (nSPS) is 13.7. The van der Waals surface area contributed by atoms with E-state index in [0.29, 0.717) is 5.82 Å². The number of carboxylic acids is 1. The fraction of sp³-hybridized carbons (Fsp3) is 0.615. The molecule has 0 spiro atoms. The number of hydrogen-bond donors (Lipinski definition) is 1. The van der Waals surface area contributed by atoms with Crippen molar-refractivity contribution in [1.29, 1.82) is 0 Å². The lowest BCUT2D eigenvalue weighted by Gasteiger charge is -2.20. The summed E-state index contributed by atoms with van der Waals surface area (Å²) in [5, 5.41) is 9.13. The average molecular weight is 254 g/mol. The highest BCUT2D eigenvalue weighted by molar-refractivity contribution is 5.76. The average Bonchev–Trinajstić information content (AvgIpc) is 2.18. The van der Waals surface area contributed by atoms with Crippen LogP contribution in [0.5, 0.6) is 0 Å². The molecule has 5 heteroatoms. The number of nitrogens with zero attached hydrogens (tertiary/aromatic N) is 2. The van der Waals surface area contributed by atoms with Gasteiger partial charge in [0.05, 0.1) is 5.92 Å². The Morgan fingerprint density at radius 2 is 1.94 bits per heavy atom. The minimum Gasteiger partial charge on any atom is -0.481 e. The van der Waals surface area contributed by atoms with Crippen molar-refractivity contribution in [1.82, 2.24) is 9.97 Å². The summed E-state index contributed by atoms with van der Waals surface area (Å²) in [7, 11) is 0. The summed E-state index contributed by atoms with van der Waals surface area (Å²) in [6.45, 7) is 9.08. The van der Waals surface area contributed by atoms with Gasteiger partial charge in [-0.15, -0.1) is 0 Å². The van der Waals surface area contributed by atoms with Crippen molar-refractivity contribution in [2.24, 2.45) is 5.92 Å². The molecule has 0 amide bonds. The van der Waals surface area contributed by atoms with Crippen LogP contribution >= 0.6 is 0 Å². The van der Waals surface area contributed by atoms with Gasteiger partial charge in [0.15, 0.2) is 0 Å². The van der Waals surface area contributed by atoms with E-state index in [0.717, 1.165) is 0 Å². The molecule has 0 saturated heterocycles. The fourth-order valence-corrected chi connectivity index (χ4v) is 1.72. The third kappa shape index (κ3) is 3.03. The molecule has 0 aliphatic heterocycles. The van der Waals surface area contributed by atoms with Crippen molar-refractivity contribution in [3.8, 4) is 0 Å². The zero-order valence-corrected chi connectivity index (χ0v) is 11.4. The molecule has 1 aromatic heterocycles. The zero-order chi connectivity index (χ0) is 14.1. The molecule has 1 unspecified atom stereocenters. The lowest BCUT2D eigenvalue weighted by atomic mass is 9.89. The number of aliphatic carboxylic acids is 1. The smallest absolute Gasteiger partial charge is 0.311 e.